The molecule has 17 heavy (non-hydrogen) atoms. The van der Waals surface area contributed by atoms with Crippen molar-refractivity contribution in [2.75, 3.05) is 19.6 Å². The van der Waals surface area contributed by atoms with E-state index in [2.05, 4.69) is 15.6 Å². The van der Waals surface area contributed by atoms with E-state index >= 15 is 0 Å². The molecular formula is C13H21N3O. The first kappa shape index (κ1) is 11.2. The van der Waals surface area contributed by atoms with Gasteiger partial charge in [-0.15, -0.1) is 0 Å². The highest BCUT2D eigenvalue weighted by molar-refractivity contribution is 5.07. The second-order valence-corrected chi connectivity index (χ2v) is 5.21. The summed E-state index contributed by atoms with van der Waals surface area (Å²) in [4.78, 5) is 4.65. The lowest BCUT2D eigenvalue weighted by molar-refractivity contribution is 0.448. The number of aromatic nitrogens is 1. The van der Waals surface area contributed by atoms with Gasteiger partial charge in [0.25, 0.3) is 0 Å². The van der Waals surface area contributed by atoms with E-state index < -0.39 is 0 Å². The van der Waals surface area contributed by atoms with Gasteiger partial charge < -0.3 is 15.1 Å². The second-order valence-electron chi connectivity index (χ2n) is 5.21. The van der Waals surface area contributed by atoms with Crippen molar-refractivity contribution in [3.8, 4) is 0 Å². The third-order valence-electron chi connectivity index (χ3n) is 3.87. The van der Waals surface area contributed by atoms with Gasteiger partial charge in [0, 0.05) is 24.9 Å². The van der Waals surface area contributed by atoms with Crippen LogP contribution in [0.3, 0.4) is 0 Å². The molecule has 2 saturated heterocycles. The number of oxazole rings is 1. The Hall–Kier alpha value is -0.870. The van der Waals surface area contributed by atoms with Crippen molar-refractivity contribution < 1.29 is 4.42 Å². The quantitative estimate of drug-likeness (QED) is 0.832. The molecule has 2 atom stereocenters. The highest BCUT2D eigenvalue weighted by atomic mass is 16.3. The largest absolute Gasteiger partial charge is 0.449 e. The number of nitrogens with zero attached hydrogens (tertiary/aromatic N) is 1. The molecule has 2 unspecified atom stereocenters. The minimum absolute atomic E-state index is 0.554. The van der Waals surface area contributed by atoms with Gasteiger partial charge in [-0.05, 0) is 38.8 Å². The Labute approximate surface area is 102 Å². The van der Waals surface area contributed by atoms with Crippen LogP contribution >= 0.6 is 0 Å². The summed E-state index contributed by atoms with van der Waals surface area (Å²) in [6.07, 6.45) is 7.83. The molecule has 2 aliphatic rings. The van der Waals surface area contributed by atoms with Crippen LogP contribution in [0.1, 0.15) is 43.2 Å². The molecule has 1 aromatic heterocycles. The van der Waals surface area contributed by atoms with Gasteiger partial charge in [-0.2, -0.15) is 0 Å². The maximum absolute atomic E-state index is 5.60. The van der Waals surface area contributed by atoms with Gasteiger partial charge >= 0.3 is 0 Å². The van der Waals surface area contributed by atoms with Crippen LogP contribution in [0.2, 0.25) is 0 Å². The van der Waals surface area contributed by atoms with Crippen LogP contribution in [-0.4, -0.2) is 30.7 Å². The zero-order valence-corrected chi connectivity index (χ0v) is 10.2. The number of hydrogen-bond donors (Lipinski definition) is 2. The summed E-state index contributed by atoms with van der Waals surface area (Å²) in [6, 6.07) is 0.575. The smallest absolute Gasteiger partial charge is 0.195 e. The molecule has 3 heterocycles. The number of nitrogens with one attached hydrogen (secondary N) is 2. The van der Waals surface area contributed by atoms with Gasteiger partial charge in [0.15, 0.2) is 5.89 Å². The van der Waals surface area contributed by atoms with E-state index in [0.717, 1.165) is 37.6 Å². The summed E-state index contributed by atoms with van der Waals surface area (Å²) in [5.41, 5.74) is 1.14. The molecule has 0 aliphatic carbocycles. The SMILES string of the molecule is c1oc(CC2CCCN2)nc1C1CCCNC1. The molecular weight excluding hydrogens is 214 g/mol. The minimum atomic E-state index is 0.554. The zero-order chi connectivity index (χ0) is 11.5. The molecule has 1 aromatic rings. The van der Waals surface area contributed by atoms with Gasteiger partial charge in [-0.1, -0.05) is 0 Å². The molecule has 2 fully saturated rings. The van der Waals surface area contributed by atoms with Gasteiger partial charge in [-0.3, -0.25) is 0 Å². The Morgan fingerprint density at radius 3 is 3.00 bits per heavy atom. The van der Waals surface area contributed by atoms with Crippen molar-refractivity contribution in [3.05, 3.63) is 17.8 Å². The Balaban J connectivity index is 1.60. The summed E-state index contributed by atoms with van der Waals surface area (Å²) in [6.45, 7) is 3.34. The fourth-order valence-corrected chi connectivity index (χ4v) is 2.85. The first-order valence-corrected chi connectivity index (χ1v) is 6.80. The maximum atomic E-state index is 5.60. The van der Waals surface area contributed by atoms with Crippen LogP contribution < -0.4 is 10.6 Å². The Kier molecular flexibility index (Phi) is 3.43. The zero-order valence-electron chi connectivity index (χ0n) is 10.2. The summed E-state index contributed by atoms with van der Waals surface area (Å²) in [5.74, 6) is 1.46. The predicted molar refractivity (Wildman–Crippen MR) is 66.1 cm³/mol. The van der Waals surface area contributed by atoms with E-state index in [1.54, 1.807) is 0 Å². The molecule has 4 heteroatoms. The minimum Gasteiger partial charge on any atom is -0.449 e. The predicted octanol–water partition coefficient (Wildman–Crippen LogP) is 1.44. The monoisotopic (exact) mass is 235 g/mol. The molecule has 0 spiro atoms. The number of piperidine rings is 1. The summed E-state index contributed by atoms with van der Waals surface area (Å²) in [5, 5.41) is 6.90. The molecule has 0 radical (unpaired) electrons. The molecule has 3 rings (SSSR count). The molecule has 0 aromatic carbocycles. The van der Waals surface area contributed by atoms with Gasteiger partial charge in [-0.25, -0.2) is 4.98 Å². The second kappa shape index (κ2) is 5.19. The standard InChI is InChI=1S/C13H21N3O/c1-3-10(8-14-5-1)12-9-17-13(16-12)7-11-4-2-6-15-11/h9-11,14-15H,1-8H2. The average molecular weight is 235 g/mol. The first-order valence-electron chi connectivity index (χ1n) is 6.80. The van der Waals surface area contributed by atoms with Crippen LogP contribution in [0, 0.1) is 0 Å². The van der Waals surface area contributed by atoms with E-state index in [9.17, 15) is 0 Å². The van der Waals surface area contributed by atoms with Crippen LogP contribution in [0.4, 0.5) is 0 Å². The summed E-state index contributed by atoms with van der Waals surface area (Å²) in [7, 11) is 0. The molecule has 0 saturated carbocycles. The van der Waals surface area contributed by atoms with Gasteiger partial charge in [0.2, 0.25) is 0 Å². The molecule has 0 bridgehead atoms. The topological polar surface area (TPSA) is 50.1 Å². The summed E-state index contributed by atoms with van der Waals surface area (Å²) < 4.78 is 5.60. The van der Waals surface area contributed by atoms with E-state index in [0.29, 0.717) is 12.0 Å². The number of hydrogen-bond acceptors (Lipinski definition) is 4. The fourth-order valence-electron chi connectivity index (χ4n) is 2.85. The van der Waals surface area contributed by atoms with Crippen molar-refractivity contribution in [2.45, 2.75) is 44.1 Å². The molecule has 94 valence electrons. The molecule has 2 aliphatic heterocycles. The Bertz CT molecular complexity index is 351. The van der Waals surface area contributed by atoms with Crippen LogP contribution in [0.25, 0.3) is 0 Å². The third-order valence-corrected chi connectivity index (χ3v) is 3.87. The van der Waals surface area contributed by atoms with E-state index in [4.69, 9.17) is 4.42 Å². The first-order chi connectivity index (χ1) is 8.42. The van der Waals surface area contributed by atoms with Gasteiger partial charge in [0.1, 0.15) is 6.26 Å². The molecule has 4 nitrogen and oxygen atoms in total. The van der Waals surface area contributed by atoms with Gasteiger partial charge in [0.05, 0.1) is 5.69 Å². The number of rotatable bonds is 3. The van der Waals surface area contributed by atoms with E-state index in [1.165, 1.54) is 25.7 Å². The van der Waals surface area contributed by atoms with Crippen molar-refractivity contribution in [1.29, 1.82) is 0 Å². The normalized spacial score (nSPS) is 29.6. The van der Waals surface area contributed by atoms with E-state index in [1.807, 2.05) is 6.26 Å². The molecule has 2 N–H and O–H groups in total. The van der Waals surface area contributed by atoms with Crippen LogP contribution in [-0.2, 0) is 6.42 Å². The van der Waals surface area contributed by atoms with Crippen molar-refractivity contribution in [2.24, 2.45) is 0 Å². The average Bonchev–Trinajstić information content (AvgIpc) is 3.02. The lowest BCUT2D eigenvalue weighted by Crippen LogP contribution is -2.28. The van der Waals surface area contributed by atoms with Crippen molar-refractivity contribution in [1.82, 2.24) is 15.6 Å². The van der Waals surface area contributed by atoms with Crippen LogP contribution in [0.5, 0.6) is 0 Å². The lowest BCUT2D eigenvalue weighted by atomic mass is 9.97. The third kappa shape index (κ3) is 2.69. The van der Waals surface area contributed by atoms with Crippen molar-refractivity contribution >= 4 is 0 Å². The maximum Gasteiger partial charge on any atom is 0.195 e. The Morgan fingerprint density at radius 2 is 2.24 bits per heavy atom. The fraction of sp³-hybridized carbons (Fsp3) is 0.769. The highest BCUT2D eigenvalue weighted by Crippen LogP contribution is 2.23. The Morgan fingerprint density at radius 1 is 1.29 bits per heavy atom. The summed E-state index contributed by atoms with van der Waals surface area (Å²) >= 11 is 0. The van der Waals surface area contributed by atoms with E-state index in [-0.39, 0.29) is 0 Å². The van der Waals surface area contributed by atoms with Crippen LogP contribution in [0.15, 0.2) is 10.7 Å². The lowest BCUT2D eigenvalue weighted by Gasteiger charge is -2.20. The highest BCUT2D eigenvalue weighted by Gasteiger charge is 2.21. The molecule has 0 amide bonds. The van der Waals surface area contributed by atoms with Crippen molar-refractivity contribution in [3.63, 3.8) is 0 Å².